The predicted octanol–water partition coefficient (Wildman–Crippen LogP) is 1.05. The third kappa shape index (κ3) is 1.66. The number of benzene rings is 1. The smallest absolute Gasteiger partial charge is 0.209 e. The SMILES string of the molecule is O=S1(=O)N=C(c2ccccc2)C(F)O1. The molecule has 2 rings (SSSR count). The van der Waals surface area contributed by atoms with Gasteiger partial charge in [0, 0.05) is 5.56 Å². The molecule has 0 aliphatic carbocycles. The number of hydrogen-bond donors (Lipinski definition) is 0. The third-order valence-corrected chi connectivity index (χ3v) is 2.53. The molecule has 0 fully saturated rings. The fraction of sp³-hybridized carbons (Fsp3) is 0.125. The quantitative estimate of drug-likeness (QED) is 0.703. The first-order chi connectivity index (χ1) is 6.58. The average Bonchev–Trinajstić information content (AvgIpc) is 2.41. The number of nitrogens with zero attached hydrogens (tertiary/aromatic N) is 1. The van der Waals surface area contributed by atoms with Crippen molar-refractivity contribution in [2.24, 2.45) is 4.40 Å². The summed E-state index contributed by atoms with van der Waals surface area (Å²) in [6.45, 7) is 0. The zero-order valence-electron chi connectivity index (χ0n) is 6.92. The number of alkyl halides is 1. The average molecular weight is 215 g/mol. The van der Waals surface area contributed by atoms with Crippen molar-refractivity contribution >= 4 is 16.0 Å². The molecule has 1 unspecified atom stereocenters. The molecule has 4 nitrogen and oxygen atoms in total. The van der Waals surface area contributed by atoms with Crippen molar-refractivity contribution < 1.29 is 17.0 Å². The fourth-order valence-corrected chi connectivity index (χ4v) is 1.91. The van der Waals surface area contributed by atoms with Gasteiger partial charge in [-0.2, -0.15) is 8.42 Å². The van der Waals surface area contributed by atoms with Crippen LogP contribution in [0.15, 0.2) is 34.7 Å². The summed E-state index contributed by atoms with van der Waals surface area (Å²) in [6.07, 6.45) is -2.00. The maximum absolute atomic E-state index is 13.0. The number of hydrogen-bond acceptors (Lipinski definition) is 3. The van der Waals surface area contributed by atoms with Gasteiger partial charge in [0.25, 0.3) is 6.36 Å². The van der Waals surface area contributed by atoms with Gasteiger partial charge >= 0.3 is 10.3 Å². The van der Waals surface area contributed by atoms with Crippen molar-refractivity contribution in [2.45, 2.75) is 6.36 Å². The highest BCUT2D eigenvalue weighted by Gasteiger charge is 2.32. The maximum Gasteiger partial charge on any atom is 0.384 e. The van der Waals surface area contributed by atoms with Gasteiger partial charge in [-0.15, -0.1) is 4.40 Å². The predicted molar refractivity (Wildman–Crippen MR) is 47.9 cm³/mol. The Balaban J connectivity index is 2.47. The molecule has 1 aliphatic heterocycles. The normalized spacial score (nSPS) is 24.6. The van der Waals surface area contributed by atoms with Crippen molar-refractivity contribution in [2.75, 3.05) is 0 Å². The third-order valence-electron chi connectivity index (χ3n) is 1.70. The summed E-state index contributed by atoms with van der Waals surface area (Å²) in [5.74, 6) is 0. The van der Waals surface area contributed by atoms with Gasteiger partial charge < -0.3 is 0 Å². The molecule has 1 aromatic rings. The standard InChI is InChI=1S/C8H6FNO3S/c9-8-7(10-14(11,12)13-8)6-4-2-1-3-5-6/h1-5,8H. The minimum Gasteiger partial charge on any atom is -0.209 e. The van der Waals surface area contributed by atoms with E-state index in [1.807, 2.05) is 0 Å². The van der Waals surface area contributed by atoms with Crippen LogP contribution < -0.4 is 0 Å². The Kier molecular flexibility index (Phi) is 2.09. The largest absolute Gasteiger partial charge is 0.384 e. The summed E-state index contributed by atoms with van der Waals surface area (Å²) < 4.78 is 41.8. The zero-order valence-corrected chi connectivity index (χ0v) is 7.74. The molecule has 0 saturated heterocycles. The van der Waals surface area contributed by atoms with Gasteiger partial charge in [0.1, 0.15) is 5.71 Å². The highest BCUT2D eigenvalue weighted by molar-refractivity contribution is 7.85. The van der Waals surface area contributed by atoms with Gasteiger partial charge in [-0.3, -0.25) is 0 Å². The van der Waals surface area contributed by atoms with E-state index in [1.165, 1.54) is 0 Å². The molecule has 0 radical (unpaired) electrons. The van der Waals surface area contributed by atoms with E-state index in [-0.39, 0.29) is 5.71 Å². The van der Waals surface area contributed by atoms with E-state index in [0.29, 0.717) is 5.56 Å². The Morgan fingerprint density at radius 3 is 2.43 bits per heavy atom. The monoisotopic (exact) mass is 215 g/mol. The molecule has 14 heavy (non-hydrogen) atoms. The molecule has 74 valence electrons. The number of rotatable bonds is 1. The lowest BCUT2D eigenvalue weighted by Crippen LogP contribution is -2.13. The second-order valence-corrected chi connectivity index (χ2v) is 3.91. The van der Waals surface area contributed by atoms with Gasteiger partial charge in [0.2, 0.25) is 0 Å². The summed E-state index contributed by atoms with van der Waals surface area (Å²) in [5, 5.41) is 0. The Labute approximate surface area is 80.3 Å². The summed E-state index contributed by atoms with van der Waals surface area (Å²) in [5.41, 5.74) is 0.201. The lowest BCUT2D eigenvalue weighted by atomic mass is 10.1. The van der Waals surface area contributed by atoms with Gasteiger partial charge in [-0.05, 0) is 0 Å². The minimum absolute atomic E-state index is 0.203. The van der Waals surface area contributed by atoms with E-state index < -0.39 is 16.7 Å². The van der Waals surface area contributed by atoms with E-state index in [0.717, 1.165) is 0 Å². The van der Waals surface area contributed by atoms with Crippen LogP contribution in [0.25, 0.3) is 0 Å². The molecule has 1 aliphatic rings. The van der Waals surface area contributed by atoms with E-state index in [4.69, 9.17) is 0 Å². The Morgan fingerprint density at radius 2 is 1.93 bits per heavy atom. The van der Waals surface area contributed by atoms with E-state index in [9.17, 15) is 12.8 Å². The fourth-order valence-electron chi connectivity index (χ4n) is 1.13. The van der Waals surface area contributed by atoms with Crippen LogP contribution in [-0.4, -0.2) is 20.5 Å². The first-order valence-electron chi connectivity index (χ1n) is 3.81. The van der Waals surface area contributed by atoms with Crippen molar-refractivity contribution in [3.63, 3.8) is 0 Å². The molecule has 0 spiro atoms. The molecular weight excluding hydrogens is 209 g/mol. The Bertz CT molecular complexity index is 469. The van der Waals surface area contributed by atoms with Gasteiger partial charge in [0.15, 0.2) is 0 Å². The topological polar surface area (TPSA) is 55.7 Å². The minimum atomic E-state index is -4.08. The maximum atomic E-state index is 13.0. The van der Waals surface area contributed by atoms with Gasteiger partial charge in [-0.25, -0.2) is 8.57 Å². The lowest BCUT2D eigenvalue weighted by Gasteiger charge is -2.00. The van der Waals surface area contributed by atoms with Crippen LogP contribution in [-0.2, 0) is 14.5 Å². The van der Waals surface area contributed by atoms with Crippen LogP contribution in [0.3, 0.4) is 0 Å². The molecule has 0 bridgehead atoms. The van der Waals surface area contributed by atoms with Crippen molar-refractivity contribution in [3.8, 4) is 0 Å². The van der Waals surface area contributed by atoms with Crippen molar-refractivity contribution in [1.29, 1.82) is 0 Å². The molecule has 0 aromatic heterocycles. The van der Waals surface area contributed by atoms with Crippen LogP contribution in [0.4, 0.5) is 4.39 Å². The second kappa shape index (κ2) is 3.14. The van der Waals surface area contributed by atoms with E-state index in [2.05, 4.69) is 8.58 Å². The molecule has 0 N–H and O–H groups in total. The molecule has 6 heteroatoms. The van der Waals surface area contributed by atoms with Crippen molar-refractivity contribution in [1.82, 2.24) is 0 Å². The molecule has 0 saturated carbocycles. The molecular formula is C8H6FNO3S. The van der Waals surface area contributed by atoms with Crippen LogP contribution in [0.5, 0.6) is 0 Å². The van der Waals surface area contributed by atoms with Gasteiger partial charge in [-0.1, -0.05) is 30.3 Å². The highest BCUT2D eigenvalue weighted by atomic mass is 32.2. The Hall–Kier alpha value is -1.27. The first-order valence-corrected chi connectivity index (χ1v) is 5.17. The van der Waals surface area contributed by atoms with Crippen LogP contribution in [0.2, 0.25) is 0 Å². The number of halogens is 1. The first kappa shape index (κ1) is 9.29. The van der Waals surface area contributed by atoms with E-state index >= 15 is 0 Å². The Morgan fingerprint density at radius 1 is 1.29 bits per heavy atom. The van der Waals surface area contributed by atoms with Gasteiger partial charge in [0.05, 0.1) is 0 Å². The molecule has 0 amide bonds. The zero-order chi connectivity index (χ0) is 10.2. The summed E-state index contributed by atoms with van der Waals surface area (Å²) >= 11 is 0. The van der Waals surface area contributed by atoms with Crippen LogP contribution in [0, 0.1) is 0 Å². The second-order valence-electron chi connectivity index (χ2n) is 2.68. The lowest BCUT2D eigenvalue weighted by molar-refractivity contribution is 0.149. The van der Waals surface area contributed by atoms with E-state index in [1.54, 1.807) is 30.3 Å². The van der Waals surface area contributed by atoms with Crippen LogP contribution >= 0.6 is 0 Å². The summed E-state index contributed by atoms with van der Waals surface area (Å²) in [4.78, 5) is 0. The summed E-state index contributed by atoms with van der Waals surface area (Å²) in [6, 6.07) is 8.19. The molecule has 1 heterocycles. The summed E-state index contributed by atoms with van der Waals surface area (Å²) in [7, 11) is -4.08. The highest BCUT2D eigenvalue weighted by Crippen LogP contribution is 2.19. The molecule has 1 aromatic carbocycles. The van der Waals surface area contributed by atoms with Crippen molar-refractivity contribution in [3.05, 3.63) is 35.9 Å². The van der Waals surface area contributed by atoms with Crippen LogP contribution in [0.1, 0.15) is 5.56 Å². The molecule has 1 atom stereocenters.